The second kappa shape index (κ2) is 11.5. The summed E-state index contributed by atoms with van der Waals surface area (Å²) in [5.74, 6) is 1.35. The van der Waals surface area contributed by atoms with Gasteiger partial charge in [0.1, 0.15) is 24.9 Å². The van der Waals surface area contributed by atoms with E-state index in [0.717, 1.165) is 18.4 Å². The highest BCUT2D eigenvalue weighted by Crippen LogP contribution is 2.30. The fourth-order valence-electron chi connectivity index (χ4n) is 3.40. The zero-order valence-corrected chi connectivity index (χ0v) is 20.7. The van der Waals surface area contributed by atoms with Crippen LogP contribution in [0.3, 0.4) is 0 Å². The maximum atomic E-state index is 12.3. The highest BCUT2D eigenvalue weighted by molar-refractivity contribution is 7.48. The summed E-state index contributed by atoms with van der Waals surface area (Å²) in [6, 6.07) is 15.0. The average molecular weight is 475 g/mol. The quantitative estimate of drug-likeness (QED) is 0.474. The first-order valence-corrected chi connectivity index (χ1v) is 12.5. The fourth-order valence-corrected chi connectivity index (χ4v) is 4.17. The van der Waals surface area contributed by atoms with E-state index in [1.54, 1.807) is 17.0 Å². The molecule has 1 aliphatic heterocycles. The molecule has 0 spiro atoms. The maximum Gasteiger partial charge on any atom is 0.548 e. The molecule has 0 bridgehead atoms. The van der Waals surface area contributed by atoms with Gasteiger partial charge in [-0.2, -0.15) is 0 Å². The van der Waals surface area contributed by atoms with Gasteiger partial charge in [0, 0.05) is 25.9 Å². The van der Waals surface area contributed by atoms with Crippen LogP contribution in [0.4, 0.5) is 4.79 Å². The SMILES string of the molecule is CCO[P+](=O)c1ccc(COc2ccccc2OC2CCN(C(=O)OC(C)(C)C)CC2)cc1. The van der Waals surface area contributed by atoms with Gasteiger partial charge in [-0.15, -0.1) is 4.52 Å². The number of hydrogen-bond donors (Lipinski definition) is 0. The normalized spacial score (nSPS) is 15.2. The summed E-state index contributed by atoms with van der Waals surface area (Å²) in [5, 5.41) is 0.664. The Morgan fingerprint density at radius 1 is 1.03 bits per heavy atom. The first kappa shape index (κ1) is 25.0. The second-order valence-corrected chi connectivity index (χ2v) is 10.2. The van der Waals surface area contributed by atoms with E-state index in [1.165, 1.54) is 0 Å². The molecule has 1 aliphatic rings. The molecule has 8 heteroatoms. The van der Waals surface area contributed by atoms with E-state index in [0.29, 0.717) is 43.1 Å². The van der Waals surface area contributed by atoms with Gasteiger partial charge in [-0.25, -0.2) is 4.79 Å². The number of piperidine rings is 1. The number of amides is 1. The van der Waals surface area contributed by atoms with Crippen molar-refractivity contribution in [2.24, 2.45) is 0 Å². The van der Waals surface area contributed by atoms with Crippen LogP contribution >= 0.6 is 8.03 Å². The molecule has 0 radical (unpaired) electrons. The van der Waals surface area contributed by atoms with Gasteiger partial charge < -0.3 is 19.1 Å². The topological polar surface area (TPSA) is 74.3 Å². The highest BCUT2D eigenvalue weighted by Gasteiger charge is 2.28. The van der Waals surface area contributed by atoms with Crippen molar-refractivity contribution in [1.82, 2.24) is 4.90 Å². The number of ether oxygens (including phenoxy) is 3. The highest BCUT2D eigenvalue weighted by atomic mass is 31.1. The zero-order chi connectivity index (χ0) is 23.8. The molecule has 0 N–H and O–H groups in total. The standard InChI is InChI=1S/C25H33NO6P/c1-5-30-33(28)21-12-10-19(11-13-21)18-29-22-8-6-7-9-23(22)31-20-14-16-26(17-15-20)24(27)32-25(2,3)4/h6-13,20H,5,14-18H2,1-4H3/q+1. The predicted octanol–water partition coefficient (Wildman–Crippen LogP) is 5.45. The molecular formula is C25H33NO6P+. The summed E-state index contributed by atoms with van der Waals surface area (Å²) in [6.45, 7) is 9.40. The minimum Gasteiger partial charge on any atom is -0.486 e. The molecule has 7 nitrogen and oxygen atoms in total. The Morgan fingerprint density at radius 3 is 2.27 bits per heavy atom. The molecular weight excluding hydrogens is 441 g/mol. The molecule has 1 heterocycles. The Balaban J connectivity index is 1.53. The van der Waals surface area contributed by atoms with Crippen molar-refractivity contribution < 1.29 is 28.1 Å². The van der Waals surface area contributed by atoms with Crippen LogP contribution in [0.1, 0.15) is 46.1 Å². The molecule has 1 amide bonds. The van der Waals surface area contributed by atoms with Crippen molar-refractivity contribution >= 4 is 19.4 Å². The lowest BCUT2D eigenvalue weighted by Gasteiger charge is -2.33. The van der Waals surface area contributed by atoms with Crippen molar-refractivity contribution in [3.05, 3.63) is 54.1 Å². The molecule has 2 aromatic carbocycles. The number of likely N-dealkylation sites (tertiary alicyclic amines) is 1. The van der Waals surface area contributed by atoms with Gasteiger partial charge >= 0.3 is 14.1 Å². The Bertz CT molecular complexity index is 933. The van der Waals surface area contributed by atoms with Gasteiger partial charge in [-0.1, -0.05) is 24.3 Å². The minimum absolute atomic E-state index is 0.00240. The van der Waals surface area contributed by atoms with Crippen LogP contribution in [0.5, 0.6) is 11.5 Å². The third-order valence-corrected chi connectivity index (χ3v) is 6.24. The maximum absolute atomic E-state index is 12.3. The van der Waals surface area contributed by atoms with Crippen LogP contribution < -0.4 is 14.8 Å². The van der Waals surface area contributed by atoms with Gasteiger partial charge in [0.05, 0.1) is 0 Å². The van der Waals surface area contributed by atoms with E-state index in [1.807, 2.05) is 64.1 Å². The summed E-state index contributed by atoms with van der Waals surface area (Å²) in [4.78, 5) is 14.0. The van der Waals surface area contributed by atoms with Crippen molar-refractivity contribution in [1.29, 1.82) is 0 Å². The van der Waals surface area contributed by atoms with E-state index >= 15 is 0 Å². The van der Waals surface area contributed by atoms with Gasteiger partial charge in [-0.05, 0) is 62.1 Å². The third kappa shape index (κ3) is 7.72. The lowest BCUT2D eigenvalue weighted by Crippen LogP contribution is -2.44. The smallest absolute Gasteiger partial charge is 0.486 e. The monoisotopic (exact) mass is 474 g/mol. The first-order valence-electron chi connectivity index (χ1n) is 11.3. The lowest BCUT2D eigenvalue weighted by molar-refractivity contribution is 0.0124. The molecule has 0 aliphatic carbocycles. The molecule has 33 heavy (non-hydrogen) atoms. The molecule has 1 fully saturated rings. The molecule has 2 aromatic rings. The van der Waals surface area contributed by atoms with E-state index in [-0.39, 0.29) is 12.2 Å². The Labute approximate surface area is 196 Å². The van der Waals surface area contributed by atoms with Gasteiger partial charge in [0.15, 0.2) is 11.5 Å². The lowest BCUT2D eigenvalue weighted by atomic mass is 10.1. The number of hydrogen-bond acceptors (Lipinski definition) is 6. The molecule has 0 aromatic heterocycles. The second-order valence-electron chi connectivity index (χ2n) is 8.86. The van der Waals surface area contributed by atoms with Crippen molar-refractivity contribution in [2.45, 2.75) is 58.8 Å². The van der Waals surface area contributed by atoms with Gasteiger partial charge in [0.2, 0.25) is 5.30 Å². The molecule has 178 valence electrons. The third-order valence-electron chi connectivity index (χ3n) is 5.02. The number of carbonyl (C=O) groups excluding carboxylic acids is 1. The van der Waals surface area contributed by atoms with Crippen molar-refractivity contribution in [3.63, 3.8) is 0 Å². The molecule has 0 saturated carbocycles. The summed E-state index contributed by atoms with van der Waals surface area (Å²) < 4.78 is 34.8. The Kier molecular flexibility index (Phi) is 8.70. The van der Waals surface area contributed by atoms with E-state index in [9.17, 15) is 9.36 Å². The Hall–Kier alpha value is -2.63. The number of carbonyl (C=O) groups is 1. The van der Waals surface area contributed by atoms with E-state index in [2.05, 4.69) is 0 Å². The number of rotatable bonds is 8. The van der Waals surface area contributed by atoms with Crippen LogP contribution in [-0.2, 0) is 20.4 Å². The number of nitrogens with zero attached hydrogens (tertiary/aromatic N) is 1. The van der Waals surface area contributed by atoms with Crippen LogP contribution in [0, 0.1) is 0 Å². The van der Waals surface area contributed by atoms with E-state index < -0.39 is 13.6 Å². The summed E-state index contributed by atoms with van der Waals surface area (Å²) in [7, 11) is -1.81. The molecule has 1 saturated heterocycles. The van der Waals surface area contributed by atoms with Crippen molar-refractivity contribution in [3.8, 4) is 11.5 Å². The molecule has 1 atom stereocenters. The Morgan fingerprint density at radius 2 is 1.67 bits per heavy atom. The van der Waals surface area contributed by atoms with Crippen LogP contribution in [0.25, 0.3) is 0 Å². The largest absolute Gasteiger partial charge is 0.548 e. The average Bonchev–Trinajstić information content (AvgIpc) is 2.78. The summed E-state index contributed by atoms with van der Waals surface area (Å²) >= 11 is 0. The summed E-state index contributed by atoms with van der Waals surface area (Å²) in [6.07, 6.45) is 1.18. The van der Waals surface area contributed by atoms with E-state index in [4.69, 9.17) is 18.7 Å². The van der Waals surface area contributed by atoms with Crippen molar-refractivity contribution in [2.75, 3.05) is 19.7 Å². The summed E-state index contributed by atoms with van der Waals surface area (Å²) in [5.41, 5.74) is 0.459. The number of para-hydroxylation sites is 2. The first-order chi connectivity index (χ1) is 15.7. The van der Waals surface area contributed by atoms with Crippen LogP contribution in [-0.4, -0.2) is 42.4 Å². The number of benzene rings is 2. The zero-order valence-electron chi connectivity index (χ0n) is 19.8. The van der Waals surface area contributed by atoms with Crippen LogP contribution in [0.15, 0.2) is 48.5 Å². The molecule has 3 rings (SSSR count). The van der Waals surface area contributed by atoms with Crippen LogP contribution in [0.2, 0.25) is 0 Å². The van der Waals surface area contributed by atoms with Gasteiger partial charge in [0.25, 0.3) is 0 Å². The molecule has 1 unspecified atom stereocenters. The van der Waals surface area contributed by atoms with Gasteiger partial charge in [-0.3, -0.25) is 0 Å². The minimum atomic E-state index is -1.81. The predicted molar refractivity (Wildman–Crippen MR) is 128 cm³/mol. The fraction of sp³-hybridized carbons (Fsp3) is 0.480.